The van der Waals surface area contributed by atoms with Gasteiger partial charge >= 0.3 is 0 Å². The minimum absolute atomic E-state index is 0.201. The highest BCUT2D eigenvalue weighted by atomic mass is 16.6. The number of ether oxygens (including phenoxy) is 2. The number of imide groups is 1. The zero-order valence-electron chi connectivity index (χ0n) is 14.9. The van der Waals surface area contributed by atoms with E-state index in [2.05, 4.69) is 10.6 Å². The third-order valence-electron chi connectivity index (χ3n) is 5.92. The first-order valence-corrected chi connectivity index (χ1v) is 9.39. The fourth-order valence-electron chi connectivity index (χ4n) is 4.37. The number of carbonyl (C=O) groups is 3. The van der Waals surface area contributed by atoms with Crippen LogP contribution in [0.3, 0.4) is 0 Å². The molecule has 0 bridgehead atoms. The van der Waals surface area contributed by atoms with E-state index in [-0.39, 0.29) is 23.8 Å². The van der Waals surface area contributed by atoms with Crippen molar-refractivity contribution in [2.45, 2.75) is 43.9 Å². The van der Waals surface area contributed by atoms with E-state index in [1.165, 1.54) is 4.90 Å². The van der Waals surface area contributed by atoms with Crippen LogP contribution in [0.2, 0.25) is 0 Å². The Morgan fingerprint density at radius 1 is 1.11 bits per heavy atom. The van der Waals surface area contributed by atoms with Crippen molar-refractivity contribution >= 4 is 17.7 Å². The van der Waals surface area contributed by atoms with Gasteiger partial charge in [-0.2, -0.15) is 0 Å². The molecule has 1 aromatic rings. The van der Waals surface area contributed by atoms with Crippen LogP contribution < -0.4 is 20.1 Å². The van der Waals surface area contributed by atoms with Gasteiger partial charge in [-0.15, -0.1) is 0 Å². The molecule has 4 aliphatic heterocycles. The predicted octanol–water partition coefficient (Wildman–Crippen LogP) is 0.341. The van der Waals surface area contributed by atoms with Crippen LogP contribution in [0, 0.1) is 0 Å². The molecule has 3 amide bonds. The first kappa shape index (κ1) is 16.6. The molecule has 4 heterocycles. The third kappa shape index (κ3) is 2.66. The van der Waals surface area contributed by atoms with Gasteiger partial charge in [0.25, 0.3) is 5.91 Å². The van der Waals surface area contributed by atoms with E-state index in [9.17, 15) is 14.4 Å². The second kappa shape index (κ2) is 5.95. The van der Waals surface area contributed by atoms with E-state index >= 15 is 0 Å². The Morgan fingerprint density at radius 2 is 1.93 bits per heavy atom. The van der Waals surface area contributed by atoms with Gasteiger partial charge < -0.3 is 19.7 Å². The van der Waals surface area contributed by atoms with Crippen molar-refractivity contribution < 1.29 is 23.9 Å². The van der Waals surface area contributed by atoms with Gasteiger partial charge in [0.15, 0.2) is 11.5 Å². The molecule has 2 N–H and O–H groups in total. The van der Waals surface area contributed by atoms with Gasteiger partial charge in [-0.3, -0.25) is 19.7 Å². The topological polar surface area (TPSA) is 97.0 Å². The van der Waals surface area contributed by atoms with Gasteiger partial charge in [0.05, 0.1) is 0 Å². The van der Waals surface area contributed by atoms with Crippen molar-refractivity contribution in [3.8, 4) is 11.5 Å². The van der Waals surface area contributed by atoms with Crippen LogP contribution in [0.4, 0.5) is 0 Å². The number of nitrogens with one attached hydrogen (secondary N) is 2. The highest BCUT2D eigenvalue weighted by Gasteiger charge is 2.43. The zero-order chi connectivity index (χ0) is 18.6. The maximum atomic E-state index is 12.9. The van der Waals surface area contributed by atoms with E-state index < -0.39 is 11.9 Å². The SMILES string of the molecule is O=C1CCC(N2Cc3cc4c(cc3C2=O)OCC2(CCNCC2)O4)C(=O)N1. The monoisotopic (exact) mass is 371 g/mol. The van der Waals surface area contributed by atoms with Crippen molar-refractivity contribution in [2.75, 3.05) is 19.7 Å². The molecule has 27 heavy (non-hydrogen) atoms. The summed E-state index contributed by atoms with van der Waals surface area (Å²) in [6.07, 6.45) is 2.36. The van der Waals surface area contributed by atoms with Crippen LogP contribution in [0.1, 0.15) is 41.6 Å². The van der Waals surface area contributed by atoms with Gasteiger partial charge in [-0.25, -0.2) is 0 Å². The van der Waals surface area contributed by atoms with Crippen molar-refractivity contribution in [3.05, 3.63) is 23.3 Å². The average molecular weight is 371 g/mol. The van der Waals surface area contributed by atoms with Crippen LogP contribution in [0.25, 0.3) is 0 Å². The lowest BCUT2D eigenvalue weighted by Crippen LogP contribution is -2.52. The molecule has 142 valence electrons. The standard InChI is InChI=1S/C19H21N3O5/c23-16-2-1-13(17(24)21-16)22-9-11-7-15-14(8-12(11)18(22)25)26-10-19(27-15)3-5-20-6-4-19/h7-8,13,20H,1-6,9-10H2,(H,21,23,24). The molecule has 0 aliphatic carbocycles. The molecule has 0 radical (unpaired) electrons. The minimum Gasteiger partial charge on any atom is -0.485 e. The molecule has 5 rings (SSSR count). The molecule has 4 aliphatic rings. The van der Waals surface area contributed by atoms with E-state index in [1.807, 2.05) is 6.07 Å². The lowest BCUT2D eigenvalue weighted by molar-refractivity contribution is -0.136. The summed E-state index contributed by atoms with van der Waals surface area (Å²) in [7, 11) is 0. The largest absolute Gasteiger partial charge is 0.485 e. The van der Waals surface area contributed by atoms with E-state index in [4.69, 9.17) is 9.47 Å². The van der Waals surface area contributed by atoms with Gasteiger partial charge in [-0.05, 0) is 37.2 Å². The van der Waals surface area contributed by atoms with Crippen molar-refractivity contribution in [1.82, 2.24) is 15.5 Å². The number of rotatable bonds is 1. The Hall–Kier alpha value is -2.61. The van der Waals surface area contributed by atoms with Crippen LogP contribution in [-0.2, 0) is 16.1 Å². The molecule has 8 nitrogen and oxygen atoms in total. The minimum atomic E-state index is -0.614. The van der Waals surface area contributed by atoms with E-state index in [0.29, 0.717) is 36.6 Å². The molecule has 1 aromatic carbocycles. The Balaban J connectivity index is 1.41. The highest BCUT2D eigenvalue weighted by Crippen LogP contribution is 2.42. The predicted molar refractivity (Wildman–Crippen MR) is 93.4 cm³/mol. The summed E-state index contributed by atoms with van der Waals surface area (Å²) in [6, 6.07) is 2.99. The summed E-state index contributed by atoms with van der Waals surface area (Å²) in [6.45, 7) is 2.61. The van der Waals surface area contributed by atoms with Crippen LogP contribution in [0.5, 0.6) is 11.5 Å². The zero-order valence-corrected chi connectivity index (χ0v) is 14.9. The highest BCUT2D eigenvalue weighted by molar-refractivity contribution is 6.05. The van der Waals surface area contributed by atoms with Crippen LogP contribution >= 0.6 is 0 Å². The molecule has 2 saturated heterocycles. The van der Waals surface area contributed by atoms with Crippen molar-refractivity contribution in [1.29, 1.82) is 0 Å². The molecule has 2 fully saturated rings. The number of benzene rings is 1. The first-order valence-electron chi connectivity index (χ1n) is 9.39. The fourth-order valence-corrected chi connectivity index (χ4v) is 4.37. The van der Waals surface area contributed by atoms with Gasteiger partial charge in [-0.1, -0.05) is 0 Å². The number of piperidine rings is 2. The Kier molecular flexibility index (Phi) is 3.65. The Morgan fingerprint density at radius 3 is 2.70 bits per heavy atom. The number of nitrogens with zero attached hydrogens (tertiary/aromatic N) is 1. The van der Waals surface area contributed by atoms with Gasteiger partial charge in [0, 0.05) is 31.4 Å². The van der Waals surface area contributed by atoms with E-state index in [1.54, 1.807) is 6.07 Å². The number of amides is 3. The molecule has 1 unspecified atom stereocenters. The van der Waals surface area contributed by atoms with Crippen molar-refractivity contribution in [2.24, 2.45) is 0 Å². The molecule has 1 spiro atoms. The number of carbonyl (C=O) groups excluding carboxylic acids is 3. The maximum Gasteiger partial charge on any atom is 0.255 e. The molecule has 0 saturated carbocycles. The van der Waals surface area contributed by atoms with E-state index in [0.717, 1.165) is 31.5 Å². The fraction of sp³-hybridized carbons (Fsp3) is 0.526. The number of hydrogen-bond donors (Lipinski definition) is 2. The summed E-state index contributed by atoms with van der Waals surface area (Å²) in [4.78, 5) is 37.9. The normalized spacial score (nSPS) is 26.1. The third-order valence-corrected chi connectivity index (χ3v) is 5.92. The average Bonchev–Trinajstić information content (AvgIpc) is 2.96. The maximum absolute atomic E-state index is 12.9. The lowest BCUT2D eigenvalue weighted by Gasteiger charge is -2.41. The number of fused-ring (bicyclic) bond motifs is 2. The summed E-state index contributed by atoms with van der Waals surface area (Å²) in [5.41, 5.74) is 1.07. The van der Waals surface area contributed by atoms with Crippen molar-refractivity contribution in [3.63, 3.8) is 0 Å². The molecular formula is C19H21N3O5. The van der Waals surface area contributed by atoms with Gasteiger partial charge in [0.1, 0.15) is 18.2 Å². The van der Waals surface area contributed by atoms with Crippen LogP contribution in [0.15, 0.2) is 12.1 Å². The quantitative estimate of drug-likeness (QED) is 0.691. The molecule has 8 heteroatoms. The van der Waals surface area contributed by atoms with Crippen LogP contribution in [-0.4, -0.2) is 54.0 Å². The summed E-state index contributed by atoms with van der Waals surface area (Å²) >= 11 is 0. The summed E-state index contributed by atoms with van der Waals surface area (Å²) < 4.78 is 12.3. The van der Waals surface area contributed by atoms with Gasteiger partial charge in [0.2, 0.25) is 11.8 Å². The Labute approximate surface area is 156 Å². The number of hydrogen-bond acceptors (Lipinski definition) is 6. The second-order valence-electron chi connectivity index (χ2n) is 7.68. The molecule has 0 aromatic heterocycles. The summed E-state index contributed by atoms with van der Waals surface area (Å²) in [5.74, 6) is 0.354. The first-order chi connectivity index (χ1) is 13.0. The summed E-state index contributed by atoms with van der Waals surface area (Å²) in [5, 5.41) is 5.65. The molecule has 1 atom stereocenters. The molecular weight excluding hydrogens is 350 g/mol. The Bertz CT molecular complexity index is 846. The second-order valence-corrected chi connectivity index (χ2v) is 7.68. The lowest BCUT2D eigenvalue weighted by atomic mass is 9.92. The smallest absolute Gasteiger partial charge is 0.255 e.